The molecule has 1 aromatic carbocycles. The average Bonchev–Trinajstić information content (AvgIpc) is 2.79. The van der Waals surface area contributed by atoms with Crippen LogP contribution in [-0.4, -0.2) is 10.2 Å². The lowest BCUT2D eigenvalue weighted by Crippen LogP contribution is -1.86. The Kier molecular flexibility index (Phi) is 3.04. The summed E-state index contributed by atoms with van der Waals surface area (Å²) in [6.07, 6.45) is 3.71. The molecule has 0 atom stereocenters. The summed E-state index contributed by atoms with van der Waals surface area (Å²) >= 11 is 7.34. The second kappa shape index (κ2) is 4.67. The number of fused-ring (bicyclic) bond motifs is 1. The Morgan fingerprint density at radius 2 is 1.88 bits per heavy atom. The van der Waals surface area contributed by atoms with E-state index in [1.54, 1.807) is 17.8 Å². The minimum absolute atomic E-state index is 0.434. The third-order valence-electron chi connectivity index (χ3n) is 2.90. The van der Waals surface area contributed by atoms with Crippen LogP contribution in [0, 0.1) is 0 Å². The Morgan fingerprint density at radius 1 is 1.00 bits per heavy atom. The van der Waals surface area contributed by atoms with Crippen LogP contribution in [-0.2, 0) is 12.8 Å². The quantitative estimate of drug-likeness (QED) is 0.824. The fraction of sp³-hybridized carbons (Fsp3) is 0.231. The van der Waals surface area contributed by atoms with E-state index in [0.717, 1.165) is 5.03 Å². The number of nitrogens with zero attached hydrogens (tertiary/aromatic N) is 2. The Morgan fingerprint density at radius 3 is 2.71 bits per heavy atom. The molecule has 0 aliphatic heterocycles. The standard InChI is InChI=1S/C13H11ClN2S/c14-12-6-7-13(16-15-12)17-11-5-4-9-2-1-3-10(9)8-11/h4-8H,1-3H2. The summed E-state index contributed by atoms with van der Waals surface area (Å²) < 4.78 is 0. The first kappa shape index (κ1) is 11.1. The lowest BCUT2D eigenvalue weighted by Gasteiger charge is -2.03. The van der Waals surface area contributed by atoms with Crippen LogP contribution in [0.4, 0.5) is 0 Å². The highest BCUT2D eigenvalue weighted by Gasteiger charge is 2.11. The maximum absolute atomic E-state index is 5.71. The fourth-order valence-corrected chi connectivity index (χ4v) is 2.99. The van der Waals surface area contributed by atoms with E-state index in [9.17, 15) is 0 Å². The van der Waals surface area contributed by atoms with Crippen LogP contribution >= 0.6 is 23.4 Å². The number of hydrogen-bond donors (Lipinski definition) is 0. The summed E-state index contributed by atoms with van der Waals surface area (Å²) in [6, 6.07) is 10.3. The Bertz CT molecular complexity index is 540. The van der Waals surface area contributed by atoms with Gasteiger partial charge in [0.25, 0.3) is 0 Å². The molecule has 0 fully saturated rings. The molecule has 86 valence electrons. The molecule has 4 heteroatoms. The summed E-state index contributed by atoms with van der Waals surface area (Å²) in [7, 11) is 0. The second-order valence-corrected chi connectivity index (χ2v) is 5.56. The van der Waals surface area contributed by atoms with Crippen LogP contribution in [0.1, 0.15) is 17.5 Å². The van der Waals surface area contributed by atoms with Crippen LogP contribution in [0.5, 0.6) is 0 Å². The third-order valence-corrected chi connectivity index (χ3v) is 4.02. The van der Waals surface area contributed by atoms with E-state index in [4.69, 9.17) is 11.6 Å². The van der Waals surface area contributed by atoms with Gasteiger partial charge in [0.15, 0.2) is 5.15 Å². The summed E-state index contributed by atoms with van der Waals surface area (Å²) in [6.45, 7) is 0. The van der Waals surface area contributed by atoms with Gasteiger partial charge in [-0.25, -0.2) is 0 Å². The predicted molar refractivity (Wildman–Crippen MR) is 69.6 cm³/mol. The summed E-state index contributed by atoms with van der Waals surface area (Å²) in [5.41, 5.74) is 2.98. The van der Waals surface area contributed by atoms with Crippen LogP contribution in [0.2, 0.25) is 5.15 Å². The third kappa shape index (κ3) is 2.45. The molecule has 1 aliphatic rings. The summed E-state index contributed by atoms with van der Waals surface area (Å²) in [4.78, 5) is 1.22. The van der Waals surface area contributed by atoms with Crippen molar-refractivity contribution in [2.24, 2.45) is 0 Å². The van der Waals surface area contributed by atoms with E-state index in [0.29, 0.717) is 5.15 Å². The molecule has 1 heterocycles. The molecule has 2 aromatic rings. The summed E-state index contributed by atoms with van der Waals surface area (Å²) in [5.74, 6) is 0. The van der Waals surface area contributed by atoms with Gasteiger partial charge in [-0.2, -0.15) is 0 Å². The molecule has 0 saturated heterocycles. The van der Waals surface area contributed by atoms with Crippen molar-refractivity contribution < 1.29 is 0 Å². The number of hydrogen-bond acceptors (Lipinski definition) is 3. The first-order valence-electron chi connectivity index (χ1n) is 5.60. The number of aryl methyl sites for hydroxylation is 2. The normalized spacial score (nSPS) is 13.7. The van der Waals surface area contributed by atoms with Gasteiger partial charge in [0.1, 0.15) is 5.03 Å². The lowest BCUT2D eigenvalue weighted by molar-refractivity contribution is 0.911. The maximum Gasteiger partial charge on any atom is 0.151 e. The predicted octanol–water partition coefficient (Wildman–Crippen LogP) is 3.77. The van der Waals surface area contributed by atoms with Gasteiger partial charge in [-0.1, -0.05) is 29.4 Å². The van der Waals surface area contributed by atoms with Crippen LogP contribution in [0.25, 0.3) is 0 Å². The number of halogens is 1. The highest BCUT2D eigenvalue weighted by Crippen LogP contribution is 2.30. The van der Waals surface area contributed by atoms with Gasteiger partial charge in [-0.3, -0.25) is 0 Å². The highest BCUT2D eigenvalue weighted by atomic mass is 35.5. The van der Waals surface area contributed by atoms with Crippen LogP contribution in [0.3, 0.4) is 0 Å². The zero-order valence-electron chi connectivity index (χ0n) is 9.19. The van der Waals surface area contributed by atoms with E-state index < -0.39 is 0 Å². The van der Waals surface area contributed by atoms with Crippen molar-refractivity contribution in [2.45, 2.75) is 29.2 Å². The largest absolute Gasteiger partial charge is 0.151 e. The van der Waals surface area contributed by atoms with Crippen molar-refractivity contribution in [2.75, 3.05) is 0 Å². The Hall–Kier alpha value is -1.06. The summed E-state index contributed by atoms with van der Waals surface area (Å²) in [5, 5.41) is 9.21. The molecule has 17 heavy (non-hydrogen) atoms. The van der Waals surface area contributed by atoms with Gasteiger partial charge in [-0.05, 0) is 54.7 Å². The Labute approximate surface area is 109 Å². The number of aromatic nitrogens is 2. The second-order valence-electron chi connectivity index (χ2n) is 4.08. The van der Waals surface area contributed by atoms with Crippen LogP contribution in [0.15, 0.2) is 40.3 Å². The first-order chi connectivity index (χ1) is 8.31. The molecule has 0 radical (unpaired) electrons. The molecule has 0 spiro atoms. The van der Waals surface area contributed by atoms with E-state index in [-0.39, 0.29) is 0 Å². The monoisotopic (exact) mass is 262 g/mol. The minimum Gasteiger partial charge on any atom is -0.142 e. The van der Waals surface area contributed by atoms with Gasteiger partial charge in [0, 0.05) is 4.90 Å². The molecule has 2 nitrogen and oxygen atoms in total. The van der Waals surface area contributed by atoms with Crippen molar-refractivity contribution in [3.63, 3.8) is 0 Å². The zero-order chi connectivity index (χ0) is 11.7. The molecular formula is C13H11ClN2S. The van der Waals surface area contributed by atoms with Crippen LogP contribution < -0.4 is 0 Å². The van der Waals surface area contributed by atoms with Gasteiger partial charge < -0.3 is 0 Å². The molecule has 0 saturated carbocycles. The molecule has 0 unspecified atom stereocenters. The number of rotatable bonds is 2. The van der Waals surface area contributed by atoms with Gasteiger partial charge in [-0.15, -0.1) is 10.2 Å². The van der Waals surface area contributed by atoms with Crippen molar-refractivity contribution in [3.8, 4) is 0 Å². The van der Waals surface area contributed by atoms with Gasteiger partial charge >= 0.3 is 0 Å². The number of benzene rings is 1. The van der Waals surface area contributed by atoms with Crippen molar-refractivity contribution in [3.05, 3.63) is 46.6 Å². The molecule has 0 amide bonds. The van der Waals surface area contributed by atoms with E-state index in [2.05, 4.69) is 28.4 Å². The molecule has 0 bridgehead atoms. The SMILES string of the molecule is Clc1ccc(Sc2ccc3c(c2)CCC3)nn1. The van der Waals surface area contributed by atoms with Crippen molar-refractivity contribution in [1.29, 1.82) is 0 Å². The Balaban J connectivity index is 1.83. The van der Waals surface area contributed by atoms with Gasteiger partial charge in [0.05, 0.1) is 0 Å². The minimum atomic E-state index is 0.434. The molecule has 1 aliphatic carbocycles. The van der Waals surface area contributed by atoms with E-state index in [1.165, 1.54) is 35.3 Å². The topological polar surface area (TPSA) is 25.8 Å². The maximum atomic E-state index is 5.71. The highest BCUT2D eigenvalue weighted by molar-refractivity contribution is 7.99. The molecule has 1 aromatic heterocycles. The fourth-order valence-electron chi connectivity index (χ4n) is 2.09. The van der Waals surface area contributed by atoms with E-state index in [1.807, 2.05) is 6.07 Å². The zero-order valence-corrected chi connectivity index (χ0v) is 10.8. The average molecular weight is 263 g/mol. The van der Waals surface area contributed by atoms with E-state index >= 15 is 0 Å². The molecule has 3 rings (SSSR count). The lowest BCUT2D eigenvalue weighted by atomic mass is 10.1. The van der Waals surface area contributed by atoms with Gasteiger partial charge in [0.2, 0.25) is 0 Å². The van der Waals surface area contributed by atoms with Crippen molar-refractivity contribution in [1.82, 2.24) is 10.2 Å². The smallest absolute Gasteiger partial charge is 0.142 e. The molecular weight excluding hydrogens is 252 g/mol. The first-order valence-corrected chi connectivity index (χ1v) is 6.79. The molecule has 0 N–H and O–H groups in total. The van der Waals surface area contributed by atoms with Crippen molar-refractivity contribution >= 4 is 23.4 Å².